The van der Waals surface area contributed by atoms with Gasteiger partial charge in [0.05, 0.1) is 5.69 Å². The van der Waals surface area contributed by atoms with Crippen molar-refractivity contribution in [1.29, 1.82) is 0 Å². The van der Waals surface area contributed by atoms with E-state index in [0.717, 1.165) is 56.6 Å². The van der Waals surface area contributed by atoms with Crippen molar-refractivity contribution in [2.45, 2.75) is 52.0 Å². The number of hydrogen-bond acceptors (Lipinski definition) is 4. The molecule has 1 amide bonds. The highest BCUT2D eigenvalue weighted by Crippen LogP contribution is 2.27. The molecule has 0 aliphatic carbocycles. The molecular formula is C23H33N3O2. The molecule has 1 fully saturated rings. The number of nitrogens with one attached hydrogen (secondary N) is 1. The van der Waals surface area contributed by atoms with Gasteiger partial charge in [-0.05, 0) is 49.8 Å². The summed E-state index contributed by atoms with van der Waals surface area (Å²) in [5.41, 5.74) is 2.19. The molecule has 5 nitrogen and oxygen atoms in total. The molecule has 0 radical (unpaired) electrons. The molecule has 1 saturated heterocycles. The Hall–Kier alpha value is -2.14. The van der Waals surface area contributed by atoms with Crippen molar-refractivity contribution in [3.8, 4) is 0 Å². The first kappa shape index (κ1) is 20.6. The van der Waals surface area contributed by atoms with Crippen LogP contribution in [-0.2, 0) is 24.2 Å². The molecule has 0 unspecified atom stereocenters. The highest BCUT2D eigenvalue weighted by atomic mass is 16.5. The molecule has 1 aliphatic rings. The zero-order valence-corrected chi connectivity index (χ0v) is 17.2. The molecule has 1 N–H and O–H groups in total. The number of unbranched alkanes of at least 4 members (excludes halogenated alkanes) is 1. The summed E-state index contributed by atoms with van der Waals surface area (Å²) in [6.07, 6.45) is 5.77. The average molecular weight is 384 g/mol. The molecule has 1 aliphatic heterocycles. The third kappa shape index (κ3) is 5.93. The number of aromatic nitrogens is 1. The molecular weight excluding hydrogens is 350 g/mol. The van der Waals surface area contributed by atoms with Gasteiger partial charge in [0.2, 0.25) is 5.91 Å². The van der Waals surface area contributed by atoms with Gasteiger partial charge < -0.3 is 14.7 Å². The second-order valence-corrected chi connectivity index (χ2v) is 8.04. The van der Waals surface area contributed by atoms with E-state index in [1.54, 1.807) is 0 Å². The highest BCUT2D eigenvalue weighted by Gasteiger charge is 2.29. The van der Waals surface area contributed by atoms with E-state index in [2.05, 4.69) is 35.6 Å². The summed E-state index contributed by atoms with van der Waals surface area (Å²) < 4.78 is 5.48. The Balaban J connectivity index is 1.55. The lowest BCUT2D eigenvalue weighted by Crippen LogP contribution is -2.40. The molecule has 0 bridgehead atoms. The summed E-state index contributed by atoms with van der Waals surface area (Å²) in [7, 11) is 1.91. The van der Waals surface area contributed by atoms with Crippen LogP contribution >= 0.6 is 0 Å². The van der Waals surface area contributed by atoms with Crippen molar-refractivity contribution in [1.82, 2.24) is 15.4 Å². The van der Waals surface area contributed by atoms with E-state index in [0.29, 0.717) is 24.8 Å². The van der Waals surface area contributed by atoms with Crippen molar-refractivity contribution in [3.05, 3.63) is 53.4 Å². The van der Waals surface area contributed by atoms with E-state index in [-0.39, 0.29) is 5.91 Å². The Morgan fingerprint density at radius 2 is 2.11 bits per heavy atom. The van der Waals surface area contributed by atoms with Gasteiger partial charge in [0.15, 0.2) is 0 Å². The Kier molecular flexibility index (Phi) is 7.66. The number of rotatable bonds is 9. The van der Waals surface area contributed by atoms with Gasteiger partial charge in [0.25, 0.3) is 0 Å². The van der Waals surface area contributed by atoms with Gasteiger partial charge in [-0.25, -0.2) is 0 Å². The fourth-order valence-electron chi connectivity index (χ4n) is 4.00. The molecule has 2 aromatic rings. The second kappa shape index (κ2) is 10.4. The fourth-order valence-corrected chi connectivity index (χ4v) is 4.00. The summed E-state index contributed by atoms with van der Waals surface area (Å²) in [6, 6.07) is 12.3. The first-order valence-electron chi connectivity index (χ1n) is 10.6. The van der Waals surface area contributed by atoms with Crippen LogP contribution in [0.3, 0.4) is 0 Å². The van der Waals surface area contributed by atoms with Crippen LogP contribution in [-0.4, -0.2) is 36.1 Å². The first-order chi connectivity index (χ1) is 13.7. The number of piperidine rings is 1. The lowest BCUT2D eigenvalue weighted by molar-refractivity contribution is -0.132. The lowest BCUT2D eigenvalue weighted by atomic mass is 9.81. The van der Waals surface area contributed by atoms with Crippen molar-refractivity contribution in [2.75, 3.05) is 20.1 Å². The summed E-state index contributed by atoms with van der Waals surface area (Å²) in [4.78, 5) is 14.7. The summed E-state index contributed by atoms with van der Waals surface area (Å²) in [6.45, 7) is 4.77. The molecule has 28 heavy (non-hydrogen) atoms. The Morgan fingerprint density at radius 1 is 1.29 bits per heavy atom. The van der Waals surface area contributed by atoms with Crippen LogP contribution in [0.1, 0.15) is 49.6 Å². The van der Waals surface area contributed by atoms with E-state index < -0.39 is 0 Å². The van der Waals surface area contributed by atoms with Crippen LogP contribution in [0.25, 0.3) is 0 Å². The standard InChI is InChI=1S/C23H33N3O2/c1-3-4-10-22-15-21(25-28-22)13-20-16-24-12-11-19(20)14-23(27)26(2)17-18-8-6-5-7-9-18/h5-9,15,19-20,24H,3-4,10-14,16-17H2,1-2H3/t19-,20+/m0/s1. The Labute approximate surface area is 168 Å². The second-order valence-electron chi connectivity index (χ2n) is 8.04. The Bertz CT molecular complexity index is 728. The van der Waals surface area contributed by atoms with Crippen molar-refractivity contribution < 1.29 is 9.32 Å². The molecule has 3 rings (SSSR count). The lowest BCUT2D eigenvalue weighted by Gasteiger charge is -2.32. The minimum atomic E-state index is 0.226. The van der Waals surface area contributed by atoms with Gasteiger partial charge in [0.1, 0.15) is 5.76 Å². The number of carbonyl (C=O) groups is 1. The molecule has 2 atom stereocenters. The predicted molar refractivity (Wildman–Crippen MR) is 111 cm³/mol. The zero-order valence-electron chi connectivity index (χ0n) is 17.2. The Morgan fingerprint density at radius 3 is 2.89 bits per heavy atom. The summed E-state index contributed by atoms with van der Waals surface area (Å²) in [5.74, 6) is 2.02. The third-order valence-corrected chi connectivity index (χ3v) is 5.75. The number of aryl methyl sites for hydroxylation is 1. The monoisotopic (exact) mass is 383 g/mol. The number of carbonyl (C=O) groups excluding carboxylic acids is 1. The number of benzene rings is 1. The molecule has 152 valence electrons. The van der Waals surface area contributed by atoms with Crippen molar-refractivity contribution >= 4 is 5.91 Å². The van der Waals surface area contributed by atoms with E-state index in [9.17, 15) is 4.79 Å². The van der Waals surface area contributed by atoms with Crippen LogP contribution < -0.4 is 5.32 Å². The van der Waals surface area contributed by atoms with Crippen LogP contribution in [0.5, 0.6) is 0 Å². The van der Waals surface area contributed by atoms with Crippen LogP contribution in [0, 0.1) is 11.8 Å². The third-order valence-electron chi connectivity index (χ3n) is 5.75. The van der Waals surface area contributed by atoms with Gasteiger partial charge in [-0.15, -0.1) is 0 Å². The summed E-state index contributed by atoms with van der Waals surface area (Å²) in [5, 5.41) is 7.75. The van der Waals surface area contributed by atoms with Crippen molar-refractivity contribution in [2.24, 2.45) is 11.8 Å². The van der Waals surface area contributed by atoms with Gasteiger partial charge in [-0.1, -0.05) is 48.8 Å². The SMILES string of the molecule is CCCCc1cc(C[C@@H]2CNCC[C@H]2CC(=O)N(C)Cc2ccccc2)no1. The molecule has 2 heterocycles. The number of amides is 1. The highest BCUT2D eigenvalue weighted by molar-refractivity contribution is 5.76. The molecule has 0 saturated carbocycles. The fraction of sp³-hybridized carbons (Fsp3) is 0.565. The number of nitrogens with zero attached hydrogens (tertiary/aromatic N) is 2. The molecule has 1 aromatic carbocycles. The maximum absolute atomic E-state index is 12.8. The quantitative estimate of drug-likeness (QED) is 0.715. The van der Waals surface area contributed by atoms with Crippen LogP contribution in [0.2, 0.25) is 0 Å². The topological polar surface area (TPSA) is 58.4 Å². The number of hydrogen-bond donors (Lipinski definition) is 1. The van der Waals surface area contributed by atoms with Gasteiger partial charge in [-0.3, -0.25) is 4.79 Å². The average Bonchev–Trinajstić information content (AvgIpc) is 3.16. The normalized spacial score (nSPS) is 19.5. The smallest absolute Gasteiger partial charge is 0.222 e. The largest absolute Gasteiger partial charge is 0.361 e. The minimum absolute atomic E-state index is 0.226. The molecule has 0 spiro atoms. The predicted octanol–water partition coefficient (Wildman–Crippen LogP) is 3.83. The maximum Gasteiger partial charge on any atom is 0.222 e. The van der Waals surface area contributed by atoms with Gasteiger partial charge in [0, 0.05) is 32.5 Å². The minimum Gasteiger partial charge on any atom is -0.361 e. The van der Waals surface area contributed by atoms with E-state index in [1.807, 2.05) is 30.1 Å². The summed E-state index contributed by atoms with van der Waals surface area (Å²) >= 11 is 0. The van der Waals surface area contributed by atoms with Crippen molar-refractivity contribution in [3.63, 3.8) is 0 Å². The van der Waals surface area contributed by atoms with Gasteiger partial charge in [-0.2, -0.15) is 0 Å². The van der Waals surface area contributed by atoms with Crippen LogP contribution in [0.4, 0.5) is 0 Å². The maximum atomic E-state index is 12.8. The molecule has 1 aromatic heterocycles. The van der Waals surface area contributed by atoms with Crippen LogP contribution in [0.15, 0.2) is 40.9 Å². The van der Waals surface area contributed by atoms with E-state index in [4.69, 9.17) is 4.52 Å². The first-order valence-corrected chi connectivity index (χ1v) is 10.6. The zero-order chi connectivity index (χ0) is 19.8. The molecule has 5 heteroatoms. The van der Waals surface area contributed by atoms with E-state index in [1.165, 1.54) is 5.56 Å². The van der Waals surface area contributed by atoms with Gasteiger partial charge >= 0.3 is 0 Å². The van der Waals surface area contributed by atoms with E-state index >= 15 is 0 Å².